The fraction of sp³-hybridized carbons (Fsp3) is 0.500. The van der Waals surface area contributed by atoms with Crippen LogP contribution in [0.5, 0.6) is 0 Å². The van der Waals surface area contributed by atoms with Crippen LogP contribution in [-0.2, 0) is 19.4 Å². The summed E-state index contributed by atoms with van der Waals surface area (Å²) in [5.74, 6) is -2.30. The van der Waals surface area contributed by atoms with Crippen LogP contribution in [0, 0.1) is 0 Å². The maximum absolute atomic E-state index is 10.6. The Morgan fingerprint density at radius 2 is 2.00 bits per heavy atom. The van der Waals surface area contributed by atoms with Crippen LogP contribution < -0.4 is 34.7 Å². The molecule has 0 radical (unpaired) electrons. The summed E-state index contributed by atoms with van der Waals surface area (Å²) in [4.78, 5) is 10.6. The summed E-state index contributed by atoms with van der Waals surface area (Å²) < 4.78 is 25.2. The SMILES string of the molecule is CCOC(=O)C([O-])=CS(C)(=O)=O.[Na+]. The first-order valence-corrected chi connectivity index (χ1v) is 5.08. The van der Waals surface area contributed by atoms with E-state index in [2.05, 4.69) is 4.74 Å². The molecule has 0 N–H and O–H groups in total. The van der Waals surface area contributed by atoms with E-state index in [1.807, 2.05) is 0 Å². The molecule has 0 saturated carbocycles. The Morgan fingerprint density at radius 3 is 2.31 bits per heavy atom. The average molecular weight is 216 g/mol. The largest absolute Gasteiger partial charge is 1.00 e. The molecule has 0 atom stereocenters. The second-order valence-corrected chi connectivity index (χ2v) is 3.93. The van der Waals surface area contributed by atoms with Gasteiger partial charge in [0.2, 0.25) is 0 Å². The van der Waals surface area contributed by atoms with E-state index in [0.717, 1.165) is 6.26 Å². The number of carbonyl (C=O) groups is 1. The minimum atomic E-state index is -3.56. The molecule has 7 heteroatoms. The van der Waals surface area contributed by atoms with E-state index >= 15 is 0 Å². The Hall–Kier alpha value is -0.0400. The van der Waals surface area contributed by atoms with E-state index < -0.39 is 21.6 Å². The number of hydrogen-bond acceptors (Lipinski definition) is 5. The number of sulfone groups is 1. The molecule has 0 unspecified atom stereocenters. The fourth-order valence-electron chi connectivity index (χ4n) is 0.445. The zero-order valence-corrected chi connectivity index (χ0v) is 10.6. The zero-order chi connectivity index (χ0) is 9.78. The summed E-state index contributed by atoms with van der Waals surface area (Å²) in [6, 6.07) is 0. The van der Waals surface area contributed by atoms with E-state index in [-0.39, 0.29) is 36.2 Å². The maximum atomic E-state index is 10.6. The van der Waals surface area contributed by atoms with Crippen molar-refractivity contribution < 1.29 is 52.6 Å². The van der Waals surface area contributed by atoms with Crippen LogP contribution in [-0.4, -0.2) is 27.2 Å². The van der Waals surface area contributed by atoms with Crippen LogP contribution in [0.3, 0.4) is 0 Å². The van der Waals surface area contributed by atoms with Crippen molar-refractivity contribution in [2.75, 3.05) is 12.9 Å². The van der Waals surface area contributed by atoms with Gasteiger partial charge >= 0.3 is 35.5 Å². The van der Waals surface area contributed by atoms with Crippen molar-refractivity contribution in [3.63, 3.8) is 0 Å². The zero-order valence-electron chi connectivity index (χ0n) is 7.73. The van der Waals surface area contributed by atoms with E-state index in [9.17, 15) is 18.3 Å². The van der Waals surface area contributed by atoms with Gasteiger partial charge in [-0.1, -0.05) is 0 Å². The Bertz CT molecular complexity index is 292. The summed E-state index contributed by atoms with van der Waals surface area (Å²) in [7, 11) is -3.56. The molecule has 0 amide bonds. The van der Waals surface area contributed by atoms with Gasteiger partial charge in [-0.2, -0.15) is 0 Å². The quantitative estimate of drug-likeness (QED) is 0.207. The van der Waals surface area contributed by atoms with E-state index in [4.69, 9.17) is 0 Å². The van der Waals surface area contributed by atoms with Crippen LogP contribution in [0.4, 0.5) is 0 Å². The van der Waals surface area contributed by atoms with Gasteiger partial charge in [0.15, 0.2) is 9.84 Å². The van der Waals surface area contributed by atoms with Gasteiger partial charge in [-0.3, -0.25) is 0 Å². The molecule has 0 aliphatic heterocycles. The fourth-order valence-corrected chi connectivity index (χ4v) is 0.930. The molecule has 0 aromatic heterocycles. The Kier molecular flexibility index (Phi) is 7.62. The van der Waals surface area contributed by atoms with Gasteiger partial charge in [0, 0.05) is 11.7 Å². The standard InChI is InChI=1S/C6H10O5S.Na/c1-3-11-6(8)5(7)4-12(2,9)10;/h4,7H,3H2,1-2H3;/q;+1/p-1. The molecule has 0 spiro atoms. The summed E-state index contributed by atoms with van der Waals surface area (Å²) in [6.45, 7) is 1.56. The second-order valence-electron chi connectivity index (χ2n) is 2.03. The molecular weight excluding hydrogens is 207 g/mol. The molecule has 0 saturated heterocycles. The van der Waals surface area contributed by atoms with Gasteiger partial charge < -0.3 is 9.84 Å². The molecule has 5 nitrogen and oxygen atoms in total. The Labute approximate surface area is 99.0 Å². The molecule has 0 fully saturated rings. The van der Waals surface area contributed by atoms with Gasteiger partial charge in [0.25, 0.3) is 0 Å². The molecule has 0 aromatic carbocycles. The van der Waals surface area contributed by atoms with Gasteiger partial charge in [0.1, 0.15) is 0 Å². The van der Waals surface area contributed by atoms with E-state index in [0.29, 0.717) is 5.41 Å². The first-order valence-electron chi connectivity index (χ1n) is 3.12. The first kappa shape index (κ1) is 15.4. The monoisotopic (exact) mass is 216 g/mol. The summed E-state index contributed by atoms with van der Waals surface area (Å²) in [5.41, 5.74) is 0. The minimum absolute atomic E-state index is 0. The molecule has 0 aliphatic carbocycles. The van der Waals surface area contributed by atoms with Crippen molar-refractivity contribution >= 4 is 15.8 Å². The molecule has 0 heterocycles. The number of carbonyl (C=O) groups excluding carboxylic acids is 1. The molecule has 70 valence electrons. The van der Waals surface area contributed by atoms with Crippen molar-refractivity contribution in [2.24, 2.45) is 0 Å². The van der Waals surface area contributed by atoms with E-state index in [1.54, 1.807) is 0 Å². The third kappa shape index (κ3) is 8.29. The predicted molar refractivity (Wildman–Crippen MR) is 39.6 cm³/mol. The van der Waals surface area contributed by atoms with Gasteiger partial charge in [-0.25, -0.2) is 13.2 Å². The van der Waals surface area contributed by atoms with Gasteiger partial charge in [-0.15, -0.1) is 0 Å². The predicted octanol–water partition coefficient (Wildman–Crippen LogP) is -4.20. The third-order valence-electron chi connectivity index (χ3n) is 0.798. The van der Waals surface area contributed by atoms with Crippen LogP contribution >= 0.6 is 0 Å². The molecule has 0 aliphatic rings. The molecule has 0 rings (SSSR count). The van der Waals surface area contributed by atoms with E-state index in [1.165, 1.54) is 6.92 Å². The van der Waals surface area contributed by atoms with Crippen LogP contribution in [0.1, 0.15) is 6.92 Å². The first-order chi connectivity index (χ1) is 5.37. The van der Waals surface area contributed by atoms with Gasteiger partial charge in [0.05, 0.1) is 6.61 Å². The number of ether oxygens (including phenoxy) is 1. The van der Waals surface area contributed by atoms with Crippen molar-refractivity contribution in [1.29, 1.82) is 0 Å². The average Bonchev–Trinajstić information content (AvgIpc) is 1.84. The molecule has 13 heavy (non-hydrogen) atoms. The number of hydrogen-bond donors (Lipinski definition) is 0. The summed E-state index contributed by atoms with van der Waals surface area (Å²) in [6.07, 6.45) is 0.824. The number of rotatable bonds is 3. The topological polar surface area (TPSA) is 83.5 Å². The number of esters is 1. The smallest absolute Gasteiger partial charge is 0.867 e. The normalized spacial score (nSPS) is 11.7. The van der Waals surface area contributed by atoms with Crippen LogP contribution in [0.15, 0.2) is 11.2 Å². The summed E-state index contributed by atoms with van der Waals surface area (Å²) >= 11 is 0. The Morgan fingerprint density at radius 1 is 1.54 bits per heavy atom. The Balaban J connectivity index is 0. The molecular formula is C6H9NaO5S. The van der Waals surface area contributed by atoms with Crippen molar-refractivity contribution in [1.82, 2.24) is 0 Å². The summed E-state index contributed by atoms with van der Waals surface area (Å²) in [5, 5.41) is 11.0. The molecule has 0 aromatic rings. The minimum Gasteiger partial charge on any atom is -0.867 e. The van der Waals surface area contributed by atoms with Crippen molar-refractivity contribution in [2.45, 2.75) is 6.92 Å². The third-order valence-corrected chi connectivity index (χ3v) is 1.44. The van der Waals surface area contributed by atoms with Crippen LogP contribution in [0.25, 0.3) is 0 Å². The van der Waals surface area contributed by atoms with Crippen LogP contribution in [0.2, 0.25) is 0 Å². The van der Waals surface area contributed by atoms with Crippen molar-refractivity contribution in [3.8, 4) is 0 Å². The second kappa shape index (κ2) is 6.42. The van der Waals surface area contributed by atoms with Crippen molar-refractivity contribution in [3.05, 3.63) is 11.2 Å². The maximum Gasteiger partial charge on any atom is 1.00 e. The van der Waals surface area contributed by atoms with Gasteiger partial charge in [-0.05, 0) is 12.7 Å². The molecule has 0 bridgehead atoms.